The summed E-state index contributed by atoms with van der Waals surface area (Å²) in [5.74, 6) is 0.763. The van der Waals surface area contributed by atoms with Crippen LogP contribution in [-0.2, 0) is 17.1 Å². The molecule has 0 aromatic heterocycles. The minimum absolute atomic E-state index is 0. The first kappa shape index (κ1) is 7.21. The molecule has 1 aliphatic rings. The SMILES string of the molecule is O=C1N=CCS1.[Cu]. The van der Waals surface area contributed by atoms with Crippen molar-refractivity contribution in [1.29, 1.82) is 0 Å². The fourth-order valence-electron chi connectivity index (χ4n) is 0.258. The van der Waals surface area contributed by atoms with Gasteiger partial charge in [-0.25, -0.2) is 4.99 Å². The summed E-state index contributed by atoms with van der Waals surface area (Å²) in [5.41, 5.74) is 0. The minimum Gasteiger partial charge on any atom is -0.259 e. The van der Waals surface area contributed by atoms with E-state index in [9.17, 15) is 4.79 Å². The molecule has 43 valence electrons. The molecular weight excluding hydrogens is 162 g/mol. The van der Waals surface area contributed by atoms with Crippen molar-refractivity contribution in [1.82, 2.24) is 0 Å². The van der Waals surface area contributed by atoms with Crippen molar-refractivity contribution in [3.05, 3.63) is 0 Å². The summed E-state index contributed by atoms with van der Waals surface area (Å²) in [7, 11) is 0. The van der Waals surface area contributed by atoms with E-state index in [-0.39, 0.29) is 22.3 Å². The van der Waals surface area contributed by atoms with E-state index in [1.807, 2.05) is 0 Å². The van der Waals surface area contributed by atoms with Crippen LogP contribution in [0.3, 0.4) is 0 Å². The molecule has 1 amide bonds. The van der Waals surface area contributed by atoms with Crippen LogP contribution in [0.5, 0.6) is 0 Å². The van der Waals surface area contributed by atoms with Crippen LogP contribution in [0.4, 0.5) is 4.79 Å². The third-order valence-corrected chi connectivity index (χ3v) is 1.15. The molecule has 2 nitrogen and oxygen atoms in total. The molecule has 0 spiro atoms. The van der Waals surface area contributed by atoms with Crippen LogP contribution in [0.1, 0.15) is 0 Å². The zero-order valence-electron chi connectivity index (χ0n) is 3.35. The van der Waals surface area contributed by atoms with E-state index in [1.165, 1.54) is 11.8 Å². The Labute approximate surface area is 56.2 Å². The molecule has 1 radical (unpaired) electrons. The second kappa shape index (κ2) is 3.24. The third kappa shape index (κ3) is 2.12. The first-order chi connectivity index (χ1) is 2.89. The summed E-state index contributed by atoms with van der Waals surface area (Å²) in [6.07, 6.45) is 1.62. The molecule has 0 bridgehead atoms. The predicted molar refractivity (Wildman–Crippen MR) is 26.3 cm³/mol. The van der Waals surface area contributed by atoms with Crippen molar-refractivity contribution >= 4 is 23.2 Å². The van der Waals surface area contributed by atoms with Crippen LogP contribution in [0.2, 0.25) is 0 Å². The number of nitrogens with zero attached hydrogens (tertiary/aromatic N) is 1. The Morgan fingerprint density at radius 1 is 1.86 bits per heavy atom. The second-order valence-electron chi connectivity index (χ2n) is 0.889. The van der Waals surface area contributed by atoms with Crippen molar-refractivity contribution in [3.63, 3.8) is 0 Å². The normalized spacial score (nSPS) is 16.9. The van der Waals surface area contributed by atoms with Crippen LogP contribution in [0, 0.1) is 0 Å². The summed E-state index contributed by atoms with van der Waals surface area (Å²) in [6, 6.07) is 0. The summed E-state index contributed by atoms with van der Waals surface area (Å²) in [5, 5.41) is -0.0602. The number of amides is 1. The zero-order valence-corrected chi connectivity index (χ0v) is 5.11. The van der Waals surface area contributed by atoms with Gasteiger partial charge in [-0.05, 0) is 0 Å². The first-order valence-corrected chi connectivity index (χ1v) is 2.57. The van der Waals surface area contributed by atoms with Gasteiger partial charge in [0.2, 0.25) is 0 Å². The largest absolute Gasteiger partial charge is 0.304 e. The maximum atomic E-state index is 10.0. The topological polar surface area (TPSA) is 29.4 Å². The Morgan fingerprint density at radius 2 is 2.57 bits per heavy atom. The number of carbonyl (C=O) groups is 1. The van der Waals surface area contributed by atoms with Crippen molar-refractivity contribution < 1.29 is 21.9 Å². The van der Waals surface area contributed by atoms with Gasteiger partial charge in [0, 0.05) is 29.0 Å². The van der Waals surface area contributed by atoms with Crippen LogP contribution in [0.15, 0.2) is 4.99 Å². The van der Waals surface area contributed by atoms with Gasteiger partial charge in [0.1, 0.15) is 0 Å². The summed E-state index contributed by atoms with van der Waals surface area (Å²) < 4.78 is 0. The summed E-state index contributed by atoms with van der Waals surface area (Å²) in [6.45, 7) is 0. The number of carbonyl (C=O) groups excluding carboxylic acids is 1. The summed E-state index contributed by atoms with van der Waals surface area (Å²) in [4.78, 5) is 13.4. The van der Waals surface area contributed by atoms with E-state index < -0.39 is 0 Å². The molecule has 0 unspecified atom stereocenters. The molecule has 1 rings (SSSR count). The van der Waals surface area contributed by atoms with E-state index in [1.54, 1.807) is 6.21 Å². The molecule has 0 aliphatic carbocycles. The molecule has 0 aromatic rings. The van der Waals surface area contributed by atoms with E-state index in [4.69, 9.17) is 0 Å². The van der Waals surface area contributed by atoms with Gasteiger partial charge in [-0.3, -0.25) is 4.79 Å². The molecule has 0 saturated heterocycles. The Balaban J connectivity index is 0.000000360. The third-order valence-electron chi connectivity index (χ3n) is 0.478. The average molecular weight is 165 g/mol. The maximum Gasteiger partial charge on any atom is 0.304 e. The van der Waals surface area contributed by atoms with Crippen LogP contribution in [-0.4, -0.2) is 17.2 Å². The van der Waals surface area contributed by atoms with Crippen molar-refractivity contribution in [2.24, 2.45) is 4.99 Å². The van der Waals surface area contributed by atoms with Gasteiger partial charge in [0.25, 0.3) is 0 Å². The van der Waals surface area contributed by atoms with Crippen LogP contribution < -0.4 is 0 Å². The summed E-state index contributed by atoms with van der Waals surface area (Å²) >= 11 is 1.24. The van der Waals surface area contributed by atoms with Gasteiger partial charge in [0.05, 0.1) is 0 Å². The molecular formula is C3H3CuNOS. The predicted octanol–water partition coefficient (Wildman–Crippen LogP) is 0.922. The Hall–Kier alpha value is 0.209. The Bertz CT molecular complexity index is 103. The molecule has 1 heterocycles. The van der Waals surface area contributed by atoms with E-state index in [2.05, 4.69) is 4.99 Å². The number of aliphatic imine (C=N–C) groups is 1. The van der Waals surface area contributed by atoms with E-state index in [0.717, 1.165) is 5.75 Å². The van der Waals surface area contributed by atoms with Gasteiger partial charge in [-0.1, -0.05) is 11.8 Å². The number of thioether (sulfide) groups is 1. The number of rotatable bonds is 0. The van der Waals surface area contributed by atoms with Crippen molar-refractivity contribution in [2.45, 2.75) is 0 Å². The molecule has 0 fully saturated rings. The smallest absolute Gasteiger partial charge is 0.259 e. The Morgan fingerprint density at radius 3 is 2.71 bits per heavy atom. The van der Waals surface area contributed by atoms with Gasteiger partial charge in [0.15, 0.2) is 0 Å². The first-order valence-electron chi connectivity index (χ1n) is 1.59. The zero-order chi connectivity index (χ0) is 4.41. The fraction of sp³-hybridized carbons (Fsp3) is 0.333. The van der Waals surface area contributed by atoms with Gasteiger partial charge >= 0.3 is 5.24 Å². The van der Waals surface area contributed by atoms with Crippen molar-refractivity contribution in [2.75, 3.05) is 5.75 Å². The standard InChI is InChI=1S/C3H3NOS.Cu/c5-3-4-1-2-6-3;/h1H,2H2;. The quantitative estimate of drug-likeness (QED) is 0.499. The molecule has 1 aliphatic heterocycles. The van der Waals surface area contributed by atoms with E-state index in [0.29, 0.717) is 0 Å². The van der Waals surface area contributed by atoms with Crippen LogP contribution in [0.25, 0.3) is 0 Å². The molecule has 0 N–H and O–H groups in total. The minimum atomic E-state index is -0.0602. The number of hydrogen-bond donors (Lipinski definition) is 0. The molecule has 0 aromatic carbocycles. The average Bonchev–Trinajstić information content (AvgIpc) is 1.86. The number of hydrogen-bond acceptors (Lipinski definition) is 2. The van der Waals surface area contributed by atoms with E-state index >= 15 is 0 Å². The van der Waals surface area contributed by atoms with Crippen molar-refractivity contribution in [3.8, 4) is 0 Å². The van der Waals surface area contributed by atoms with Gasteiger partial charge in [-0.15, -0.1) is 0 Å². The molecule has 4 heteroatoms. The maximum absolute atomic E-state index is 10.0. The van der Waals surface area contributed by atoms with Gasteiger partial charge < -0.3 is 0 Å². The molecule has 7 heavy (non-hydrogen) atoms. The second-order valence-corrected chi connectivity index (χ2v) is 1.86. The van der Waals surface area contributed by atoms with Gasteiger partial charge in [-0.2, -0.15) is 0 Å². The molecule has 0 atom stereocenters. The van der Waals surface area contributed by atoms with Crippen LogP contribution >= 0.6 is 11.8 Å². The monoisotopic (exact) mass is 164 g/mol. The molecule has 0 saturated carbocycles. The Kier molecular flexibility index (Phi) is 3.34. The fourth-order valence-corrected chi connectivity index (χ4v) is 0.698.